The summed E-state index contributed by atoms with van der Waals surface area (Å²) in [4.78, 5) is 14.5. The Morgan fingerprint density at radius 2 is 2.10 bits per heavy atom. The molecule has 0 saturated carbocycles. The van der Waals surface area contributed by atoms with Crippen molar-refractivity contribution in [2.45, 2.75) is 45.2 Å². The van der Waals surface area contributed by atoms with Crippen molar-refractivity contribution in [1.82, 2.24) is 10.2 Å². The minimum Gasteiger partial charge on any atom is -0.337 e. The van der Waals surface area contributed by atoms with Crippen LogP contribution >= 0.6 is 0 Å². The maximum atomic E-state index is 13.3. The molecule has 1 saturated heterocycles. The summed E-state index contributed by atoms with van der Waals surface area (Å²) in [5.41, 5.74) is 0.113. The first-order valence-corrected chi connectivity index (χ1v) is 7.50. The minimum atomic E-state index is -0.875. The second kappa shape index (κ2) is 6.52. The summed E-state index contributed by atoms with van der Waals surface area (Å²) in [5, 5.41) is 3.32. The van der Waals surface area contributed by atoms with Crippen molar-refractivity contribution >= 4 is 5.91 Å². The standard InChI is InChI=1S/C16H22F2N2O/c1-3-16(8-5-9-19-16)15(21)20(4-2)11-12-6-7-13(17)14(18)10-12/h6-7,10,19H,3-5,8-9,11H2,1-2H3. The zero-order valence-electron chi connectivity index (χ0n) is 12.6. The topological polar surface area (TPSA) is 32.3 Å². The van der Waals surface area contributed by atoms with Gasteiger partial charge in [-0.2, -0.15) is 0 Å². The predicted molar refractivity (Wildman–Crippen MR) is 77.7 cm³/mol. The third kappa shape index (κ3) is 3.23. The van der Waals surface area contributed by atoms with Crippen molar-refractivity contribution in [1.29, 1.82) is 0 Å². The van der Waals surface area contributed by atoms with Crippen molar-refractivity contribution in [2.24, 2.45) is 0 Å². The summed E-state index contributed by atoms with van der Waals surface area (Å²) in [6.07, 6.45) is 2.55. The van der Waals surface area contributed by atoms with Gasteiger partial charge in [-0.15, -0.1) is 0 Å². The highest BCUT2D eigenvalue weighted by atomic mass is 19.2. The van der Waals surface area contributed by atoms with Crippen LogP contribution in [0.3, 0.4) is 0 Å². The number of rotatable bonds is 5. The molecule has 21 heavy (non-hydrogen) atoms. The molecule has 0 bridgehead atoms. The zero-order chi connectivity index (χ0) is 15.5. The zero-order valence-corrected chi connectivity index (χ0v) is 12.6. The normalized spacial score (nSPS) is 21.5. The lowest BCUT2D eigenvalue weighted by Gasteiger charge is -2.33. The Labute approximate surface area is 124 Å². The fraction of sp³-hybridized carbons (Fsp3) is 0.562. The Morgan fingerprint density at radius 3 is 2.62 bits per heavy atom. The lowest BCUT2D eigenvalue weighted by Crippen LogP contribution is -2.54. The van der Waals surface area contributed by atoms with Gasteiger partial charge in [0.05, 0.1) is 5.54 Å². The van der Waals surface area contributed by atoms with Crippen LogP contribution in [0.5, 0.6) is 0 Å². The van der Waals surface area contributed by atoms with E-state index in [0.29, 0.717) is 18.7 Å². The molecule has 1 aliphatic rings. The number of halogens is 2. The summed E-state index contributed by atoms with van der Waals surface area (Å²) in [6, 6.07) is 3.79. The molecule has 1 atom stereocenters. The molecule has 3 nitrogen and oxygen atoms in total. The second-order valence-electron chi connectivity index (χ2n) is 5.53. The number of likely N-dealkylation sites (N-methyl/N-ethyl adjacent to an activating group) is 1. The Hall–Kier alpha value is -1.49. The molecular weight excluding hydrogens is 274 g/mol. The number of benzene rings is 1. The lowest BCUT2D eigenvalue weighted by molar-refractivity contribution is -0.138. The molecule has 1 heterocycles. The number of nitrogens with one attached hydrogen (secondary N) is 1. The van der Waals surface area contributed by atoms with Crippen LogP contribution in [0.2, 0.25) is 0 Å². The van der Waals surface area contributed by atoms with E-state index >= 15 is 0 Å². The molecule has 1 unspecified atom stereocenters. The van der Waals surface area contributed by atoms with Crippen LogP contribution in [0, 0.1) is 11.6 Å². The van der Waals surface area contributed by atoms with E-state index in [1.54, 1.807) is 4.90 Å². The van der Waals surface area contributed by atoms with Gasteiger partial charge in [0.1, 0.15) is 0 Å². The first kappa shape index (κ1) is 15.9. The number of carbonyl (C=O) groups is 1. The summed E-state index contributed by atoms with van der Waals surface area (Å²) in [6.45, 7) is 5.59. The minimum absolute atomic E-state index is 0.0507. The number of amides is 1. The van der Waals surface area contributed by atoms with Crippen LogP contribution in [-0.4, -0.2) is 29.4 Å². The van der Waals surface area contributed by atoms with Crippen LogP contribution in [0.4, 0.5) is 8.78 Å². The van der Waals surface area contributed by atoms with Gasteiger partial charge in [-0.3, -0.25) is 4.79 Å². The molecule has 5 heteroatoms. The van der Waals surface area contributed by atoms with E-state index in [2.05, 4.69) is 5.32 Å². The van der Waals surface area contributed by atoms with Crippen molar-refractivity contribution in [3.63, 3.8) is 0 Å². The fourth-order valence-corrected chi connectivity index (χ4v) is 2.93. The Morgan fingerprint density at radius 1 is 1.33 bits per heavy atom. The van der Waals surface area contributed by atoms with Gasteiger partial charge >= 0.3 is 0 Å². The summed E-state index contributed by atoms with van der Waals surface area (Å²) < 4.78 is 26.3. The first-order valence-electron chi connectivity index (χ1n) is 7.50. The van der Waals surface area contributed by atoms with E-state index in [-0.39, 0.29) is 5.91 Å². The maximum Gasteiger partial charge on any atom is 0.243 e. The third-order valence-electron chi connectivity index (χ3n) is 4.28. The van der Waals surface area contributed by atoms with Crippen LogP contribution < -0.4 is 5.32 Å². The molecule has 1 aromatic carbocycles. The highest BCUT2D eigenvalue weighted by Crippen LogP contribution is 2.26. The number of carbonyl (C=O) groups excluding carboxylic acids is 1. The van der Waals surface area contributed by atoms with Crippen molar-refractivity contribution < 1.29 is 13.6 Å². The Kier molecular flexibility index (Phi) is 4.93. The lowest BCUT2D eigenvalue weighted by atomic mass is 9.92. The third-order valence-corrected chi connectivity index (χ3v) is 4.28. The van der Waals surface area contributed by atoms with Gasteiger partial charge < -0.3 is 10.2 Å². The van der Waals surface area contributed by atoms with E-state index in [1.807, 2.05) is 13.8 Å². The average Bonchev–Trinajstić information content (AvgIpc) is 2.98. The Balaban J connectivity index is 2.15. The quantitative estimate of drug-likeness (QED) is 0.906. The van der Waals surface area contributed by atoms with Crippen LogP contribution in [0.1, 0.15) is 38.7 Å². The Bertz CT molecular complexity index is 513. The molecule has 116 valence electrons. The molecule has 0 aliphatic carbocycles. The molecule has 1 aromatic rings. The van der Waals surface area contributed by atoms with Gasteiger partial charge in [0.15, 0.2) is 11.6 Å². The highest BCUT2D eigenvalue weighted by Gasteiger charge is 2.41. The average molecular weight is 296 g/mol. The van der Waals surface area contributed by atoms with Crippen LogP contribution in [-0.2, 0) is 11.3 Å². The summed E-state index contributed by atoms with van der Waals surface area (Å²) in [5.74, 6) is -1.69. The van der Waals surface area contributed by atoms with E-state index < -0.39 is 17.2 Å². The summed E-state index contributed by atoms with van der Waals surface area (Å²) in [7, 11) is 0. The molecule has 2 rings (SSSR count). The van der Waals surface area contributed by atoms with Crippen molar-refractivity contribution in [3.8, 4) is 0 Å². The molecular formula is C16H22F2N2O. The largest absolute Gasteiger partial charge is 0.337 e. The van der Waals surface area contributed by atoms with Gasteiger partial charge in [0, 0.05) is 13.1 Å². The predicted octanol–water partition coefficient (Wildman–Crippen LogP) is 2.85. The van der Waals surface area contributed by atoms with Gasteiger partial charge in [0.25, 0.3) is 0 Å². The molecule has 0 radical (unpaired) electrons. The van der Waals surface area contributed by atoms with E-state index in [4.69, 9.17) is 0 Å². The van der Waals surface area contributed by atoms with Crippen molar-refractivity contribution in [3.05, 3.63) is 35.4 Å². The van der Waals surface area contributed by atoms with Gasteiger partial charge in [0.2, 0.25) is 5.91 Å². The maximum absolute atomic E-state index is 13.3. The van der Waals surface area contributed by atoms with Crippen LogP contribution in [0.25, 0.3) is 0 Å². The molecule has 1 fully saturated rings. The first-order chi connectivity index (χ1) is 10.0. The fourth-order valence-electron chi connectivity index (χ4n) is 2.93. The highest BCUT2D eigenvalue weighted by molar-refractivity contribution is 5.86. The number of nitrogens with zero attached hydrogens (tertiary/aromatic N) is 1. The smallest absolute Gasteiger partial charge is 0.243 e. The van der Waals surface area contributed by atoms with Gasteiger partial charge in [-0.1, -0.05) is 13.0 Å². The number of hydrogen-bond donors (Lipinski definition) is 1. The molecule has 0 spiro atoms. The van der Waals surface area contributed by atoms with E-state index in [0.717, 1.165) is 37.9 Å². The monoisotopic (exact) mass is 296 g/mol. The second-order valence-corrected chi connectivity index (χ2v) is 5.53. The SMILES string of the molecule is CCN(Cc1ccc(F)c(F)c1)C(=O)C1(CC)CCCN1. The summed E-state index contributed by atoms with van der Waals surface area (Å²) >= 11 is 0. The molecule has 1 amide bonds. The molecule has 0 aromatic heterocycles. The van der Waals surface area contributed by atoms with Gasteiger partial charge in [-0.25, -0.2) is 8.78 Å². The molecule has 1 N–H and O–H groups in total. The number of hydrogen-bond acceptors (Lipinski definition) is 2. The van der Waals surface area contributed by atoms with Gasteiger partial charge in [-0.05, 0) is 50.4 Å². The van der Waals surface area contributed by atoms with Crippen molar-refractivity contribution in [2.75, 3.05) is 13.1 Å². The van der Waals surface area contributed by atoms with E-state index in [9.17, 15) is 13.6 Å². The van der Waals surface area contributed by atoms with E-state index in [1.165, 1.54) is 6.07 Å². The van der Waals surface area contributed by atoms with Crippen LogP contribution in [0.15, 0.2) is 18.2 Å². The molecule has 1 aliphatic heterocycles.